The fourth-order valence-electron chi connectivity index (χ4n) is 3.02. The van der Waals surface area contributed by atoms with Crippen LogP contribution < -0.4 is 10.5 Å². The van der Waals surface area contributed by atoms with E-state index in [4.69, 9.17) is 10.5 Å². The Labute approximate surface area is 120 Å². The summed E-state index contributed by atoms with van der Waals surface area (Å²) in [5, 5.41) is 0. The van der Waals surface area contributed by atoms with Crippen LogP contribution in [0.3, 0.4) is 0 Å². The van der Waals surface area contributed by atoms with Crippen LogP contribution in [0.15, 0.2) is 36.4 Å². The Morgan fingerprint density at radius 2 is 1.65 bits per heavy atom. The Kier molecular flexibility index (Phi) is 3.27. The molecule has 0 spiro atoms. The lowest BCUT2D eigenvalue weighted by Gasteiger charge is -2.31. The number of nitrogens with two attached hydrogens (primary N) is 1. The van der Waals surface area contributed by atoms with Gasteiger partial charge in [0.05, 0.1) is 0 Å². The van der Waals surface area contributed by atoms with Gasteiger partial charge in [-0.25, -0.2) is 0 Å². The monoisotopic (exact) mass is 267 g/mol. The highest BCUT2D eigenvalue weighted by molar-refractivity contribution is 5.42. The molecule has 0 bridgehead atoms. The molecule has 2 N–H and O–H groups in total. The Bertz CT molecular complexity index is 628. The van der Waals surface area contributed by atoms with Crippen LogP contribution in [-0.4, -0.2) is 0 Å². The first-order valence-corrected chi connectivity index (χ1v) is 7.14. The number of hydrogen-bond acceptors (Lipinski definition) is 2. The minimum Gasteiger partial charge on any atom is -0.485 e. The van der Waals surface area contributed by atoms with Gasteiger partial charge in [-0.2, -0.15) is 0 Å². The van der Waals surface area contributed by atoms with E-state index in [1.807, 2.05) is 6.07 Å². The van der Waals surface area contributed by atoms with Crippen molar-refractivity contribution in [3.05, 3.63) is 64.2 Å². The van der Waals surface area contributed by atoms with Crippen molar-refractivity contribution < 1.29 is 4.74 Å². The van der Waals surface area contributed by atoms with Gasteiger partial charge in [0.25, 0.3) is 0 Å². The average Bonchev–Trinajstić information content (AvgIpc) is 2.38. The Hall–Kier alpha value is -1.80. The standard InChI is InChI=1S/C18H21NO/c1-11-4-5-17-15(9-11)16(19)10-18(20-17)14-7-12(2)6-13(3)8-14/h4-9,16,18H,10,19H2,1-3H3. The van der Waals surface area contributed by atoms with Crippen LogP contribution >= 0.6 is 0 Å². The molecule has 2 aromatic carbocycles. The minimum atomic E-state index is 0.0458. The third-order valence-corrected chi connectivity index (χ3v) is 3.92. The normalized spacial score (nSPS) is 21.2. The summed E-state index contributed by atoms with van der Waals surface area (Å²) in [6, 6.07) is 12.9. The molecular weight excluding hydrogens is 246 g/mol. The van der Waals surface area contributed by atoms with Gasteiger partial charge in [-0.3, -0.25) is 0 Å². The lowest BCUT2D eigenvalue weighted by molar-refractivity contribution is 0.161. The predicted molar refractivity (Wildman–Crippen MR) is 82.0 cm³/mol. The van der Waals surface area contributed by atoms with Gasteiger partial charge < -0.3 is 10.5 Å². The molecule has 1 aliphatic rings. The predicted octanol–water partition coefficient (Wildman–Crippen LogP) is 4.14. The van der Waals surface area contributed by atoms with E-state index in [-0.39, 0.29) is 12.1 Å². The Balaban J connectivity index is 1.96. The highest BCUT2D eigenvalue weighted by atomic mass is 16.5. The van der Waals surface area contributed by atoms with Gasteiger partial charge in [-0.15, -0.1) is 0 Å². The molecule has 2 heteroatoms. The molecule has 0 aromatic heterocycles. The van der Waals surface area contributed by atoms with Gasteiger partial charge in [0, 0.05) is 18.0 Å². The molecule has 104 valence electrons. The first-order chi connectivity index (χ1) is 9.52. The Morgan fingerprint density at radius 1 is 0.950 bits per heavy atom. The highest BCUT2D eigenvalue weighted by Gasteiger charge is 2.27. The third kappa shape index (κ3) is 2.44. The largest absolute Gasteiger partial charge is 0.485 e. The van der Waals surface area contributed by atoms with E-state index in [1.54, 1.807) is 0 Å². The number of fused-ring (bicyclic) bond motifs is 1. The number of ether oxygens (including phenoxy) is 1. The molecule has 0 amide bonds. The lowest BCUT2D eigenvalue weighted by Crippen LogP contribution is -2.24. The summed E-state index contributed by atoms with van der Waals surface area (Å²) in [6.07, 6.45) is 0.887. The summed E-state index contributed by atoms with van der Waals surface area (Å²) in [5.74, 6) is 0.929. The molecule has 2 atom stereocenters. The van der Waals surface area contributed by atoms with Crippen molar-refractivity contribution in [2.75, 3.05) is 0 Å². The molecule has 0 radical (unpaired) electrons. The van der Waals surface area contributed by atoms with E-state index in [9.17, 15) is 0 Å². The molecule has 0 aliphatic carbocycles. The van der Waals surface area contributed by atoms with E-state index in [1.165, 1.54) is 22.3 Å². The van der Waals surface area contributed by atoms with Gasteiger partial charge >= 0.3 is 0 Å². The molecule has 2 unspecified atom stereocenters. The fourth-order valence-corrected chi connectivity index (χ4v) is 3.02. The fraction of sp³-hybridized carbons (Fsp3) is 0.333. The van der Waals surface area contributed by atoms with Crippen molar-refractivity contribution in [3.8, 4) is 5.75 Å². The molecule has 1 aliphatic heterocycles. The topological polar surface area (TPSA) is 35.2 Å². The van der Waals surface area contributed by atoms with E-state index < -0.39 is 0 Å². The molecule has 20 heavy (non-hydrogen) atoms. The molecule has 0 saturated heterocycles. The summed E-state index contributed by atoms with van der Waals surface area (Å²) in [5.41, 5.74) is 12.5. The van der Waals surface area contributed by atoms with Crippen molar-refractivity contribution in [3.63, 3.8) is 0 Å². The van der Waals surface area contributed by atoms with Crippen LogP contribution in [0.5, 0.6) is 5.75 Å². The molecule has 2 nitrogen and oxygen atoms in total. The van der Waals surface area contributed by atoms with Gasteiger partial charge in [-0.1, -0.05) is 47.0 Å². The second-order valence-electron chi connectivity index (χ2n) is 5.91. The van der Waals surface area contributed by atoms with Gasteiger partial charge in [0.1, 0.15) is 11.9 Å². The van der Waals surface area contributed by atoms with Gasteiger partial charge in [0.15, 0.2) is 0 Å². The van der Waals surface area contributed by atoms with Crippen molar-refractivity contribution in [1.82, 2.24) is 0 Å². The van der Waals surface area contributed by atoms with Crippen LogP contribution in [0.25, 0.3) is 0 Å². The maximum Gasteiger partial charge on any atom is 0.126 e. The van der Waals surface area contributed by atoms with Crippen LogP contribution in [0.4, 0.5) is 0 Å². The van der Waals surface area contributed by atoms with E-state index >= 15 is 0 Å². The van der Waals surface area contributed by atoms with Crippen molar-refractivity contribution >= 4 is 0 Å². The lowest BCUT2D eigenvalue weighted by atomic mass is 9.91. The minimum absolute atomic E-state index is 0.0458. The van der Waals surface area contributed by atoms with E-state index in [0.29, 0.717) is 0 Å². The summed E-state index contributed by atoms with van der Waals surface area (Å²) >= 11 is 0. The number of benzene rings is 2. The zero-order valence-electron chi connectivity index (χ0n) is 12.3. The highest BCUT2D eigenvalue weighted by Crippen LogP contribution is 2.40. The van der Waals surface area contributed by atoms with Crippen LogP contribution in [-0.2, 0) is 0 Å². The van der Waals surface area contributed by atoms with E-state index in [0.717, 1.165) is 17.7 Å². The van der Waals surface area contributed by atoms with Crippen molar-refractivity contribution in [2.24, 2.45) is 5.73 Å². The molecule has 0 saturated carbocycles. The van der Waals surface area contributed by atoms with Crippen LogP contribution in [0.1, 0.15) is 46.4 Å². The number of rotatable bonds is 1. The summed E-state index contributed by atoms with van der Waals surface area (Å²) in [7, 11) is 0. The number of aryl methyl sites for hydroxylation is 3. The van der Waals surface area contributed by atoms with Crippen LogP contribution in [0, 0.1) is 20.8 Å². The second-order valence-corrected chi connectivity index (χ2v) is 5.91. The Morgan fingerprint density at radius 3 is 2.35 bits per heavy atom. The van der Waals surface area contributed by atoms with Crippen molar-refractivity contribution in [1.29, 1.82) is 0 Å². The van der Waals surface area contributed by atoms with Gasteiger partial charge in [0.2, 0.25) is 0 Å². The molecular formula is C18H21NO. The molecule has 2 aromatic rings. The SMILES string of the molecule is Cc1cc(C)cc(C2CC(N)c3cc(C)ccc3O2)c1. The zero-order chi connectivity index (χ0) is 14.3. The first kappa shape index (κ1) is 13.2. The summed E-state index contributed by atoms with van der Waals surface area (Å²) in [6.45, 7) is 6.33. The maximum absolute atomic E-state index is 6.34. The van der Waals surface area contributed by atoms with E-state index in [2.05, 4.69) is 51.1 Å². The smallest absolute Gasteiger partial charge is 0.126 e. The zero-order valence-corrected chi connectivity index (χ0v) is 12.3. The quantitative estimate of drug-likeness (QED) is 0.843. The molecule has 0 fully saturated rings. The van der Waals surface area contributed by atoms with Crippen molar-refractivity contribution in [2.45, 2.75) is 39.3 Å². The summed E-state index contributed by atoms with van der Waals surface area (Å²) < 4.78 is 6.17. The maximum atomic E-state index is 6.34. The first-order valence-electron chi connectivity index (χ1n) is 7.14. The molecule has 1 heterocycles. The third-order valence-electron chi connectivity index (χ3n) is 3.92. The summed E-state index contributed by atoms with van der Waals surface area (Å²) in [4.78, 5) is 0. The number of hydrogen-bond donors (Lipinski definition) is 1. The average molecular weight is 267 g/mol. The second kappa shape index (κ2) is 4.95. The molecule has 3 rings (SSSR count). The van der Waals surface area contributed by atoms with Gasteiger partial charge in [-0.05, 0) is 32.4 Å². The van der Waals surface area contributed by atoms with Crippen LogP contribution in [0.2, 0.25) is 0 Å².